The second kappa shape index (κ2) is 33.2. The van der Waals surface area contributed by atoms with Gasteiger partial charge in [-0.1, -0.05) is 0 Å². The minimum atomic E-state index is 1.03. The number of hydrogen-bond acceptors (Lipinski definition) is 2. The van der Waals surface area contributed by atoms with Crippen LogP contribution in [0.25, 0.3) is 0 Å². The van der Waals surface area contributed by atoms with Crippen LogP contribution in [-0.2, 0) is 48.6 Å². The molecule has 0 aromatic carbocycles. The summed E-state index contributed by atoms with van der Waals surface area (Å²) in [6, 6.07) is 0. The Labute approximate surface area is 48.5 Å². The Morgan fingerprint density at radius 3 is 1.25 bits per heavy atom. The van der Waals surface area contributed by atoms with Crippen molar-refractivity contribution in [2.24, 2.45) is 0 Å². The fraction of sp³-hybridized carbons (Fsp3) is 0. The van der Waals surface area contributed by atoms with Crippen molar-refractivity contribution >= 4 is 0 Å². The zero-order chi connectivity index (χ0) is 4.00. The second-order valence-electron chi connectivity index (χ2n) is 0. The van der Waals surface area contributed by atoms with E-state index in [9.17, 15) is 0 Å². The van der Waals surface area contributed by atoms with Crippen LogP contribution in [0.3, 0.4) is 0 Å². The van der Waals surface area contributed by atoms with Gasteiger partial charge in [-0.3, -0.25) is 0 Å². The van der Waals surface area contributed by atoms with Crippen molar-refractivity contribution in [2.45, 2.75) is 0 Å². The first-order valence-electron chi connectivity index (χ1n) is 0.246. The quantitative estimate of drug-likeness (QED) is 0.572. The first kappa shape index (κ1) is 8.91. The van der Waals surface area contributed by atoms with E-state index in [-0.39, 0.29) is 0 Å². The third-order valence-electron chi connectivity index (χ3n) is 0. The van der Waals surface area contributed by atoms with Crippen LogP contribution < -0.4 is 0 Å². The van der Waals surface area contributed by atoms with Crippen LogP contribution in [0.2, 0.25) is 0 Å². The Hall–Kier alpha value is 1.08. The molecule has 2 nitrogen and oxygen atoms in total. The van der Waals surface area contributed by atoms with E-state index in [0.29, 0.717) is 0 Å². The molecule has 0 rings (SSSR count). The van der Waals surface area contributed by atoms with E-state index in [1.165, 1.54) is 0 Å². The Morgan fingerprint density at radius 1 is 1.25 bits per heavy atom. The molecular weight excluding hydrogens is 337 g/mol. The molecule has 4 heteroatoms. The van der Waals surface area contributed by atoms with Gasteiger partial charge in [0.1, 0.15) is 0 Å². The van der Waals surface area contributed by atoms with Gasteiger partial charge in [0, 0.05) is 0 Å². The molecule has 0 bridgehead atoms. The van der Waals surface area contributed by atoms with Gasteiger partial charge in [0.25, 0.3) is 0 Å². The topological polar surface area (TPSA) is 34.1 Å². The Kier molecular flexibility index (Phi) is 73.9. The fourth-order valence-electron chi connectivity index (χ4n) is 0. The maximum absolute atomic E-state index is 8.19. The molecular formula is AgAuO2. The summed E-state index contributed by atoms with van der Waals surface area (Å²) in [6.07, 6.45) is 0. The molecule has 0 fully saturated rings. The Balaban J connectivity index is 0. The van der Waals surface area contributed by atoms with Crippen molar-refractivity contribution in [1.82, 2.24) is 0 Å². The number of hydrogen-bond donors (Lipinski definition) is 0. The molecule has 34 valence electrons. The minimum absolute atomic E-state index is 1.03. The van der Waals surface area contributed by atoms with Crippen LogP contribution in [0.15, 0.2) is 0 Å². The fourth-order valence-corrected chi connectivity index (χ4v) is 0. The molecule has 0 spiro atoms. The summed E-state index contributed by atoms with van der Waals surface area (Å²) in [5, 5.41) is 0. The summed E-state index contributed by atoms with van der Waals surface area (Å²) < 4.78 is 16.3. The van der Waals surface area contributed by atoms with E-state index in [1.54, 1.807) is 21.0 Å². The predicted octanol–water partition coefficient (Wildman–Crippen LogP) is -0.243. The van der Waals surface area contributed by atoms with Gasteiger partial charge in [0.05, 0.1) is 0 Å². The van der Waals surface area contributed by atoms with E-state index in [2.05, 4.69) is 0 Å². The van der Waals surface area contributed by atoms with Crippen LogP contribution in [0.5, 0.6) is 0 Å². The Bertz CT molecular complexity index is 8.00. The van der Waals surface area contributed by atoms with E-state index >= 15 is 0 Å². The van der Waals surface area contributed by atoms with Crippen molar-refractivity contribution in [3.05, 3.63) is 0 Å². The second-order valence-corrected chi connectivity index (χ2v) is 0. The molecule has 0 amide bonds. The van der Waals surface area contributed by atoms with Crippen molar-refractivity contribution in [3.8, 4) is 0 Å². The van der Waals surface area contributed by atoms with Crippen molar-refractivity contribution in [3.63, 3.8) is 0 Å². The van der Waals surface area contributed by atoms with E-state index in [0.717, 1.165) is 21.0 Å². The van der Waals surface area contributed by atoms with Crippen LogP contribution in [0.1, 0.15) is 0 Å². The zero-order valence-electron chi connectivity index (χ0n) is 1.42. The average Bonchev–Trinajstić information content (AvgIpc) is 1.50. The van der Waals surface area contributed by atoms with Crippen molar-refractivity contribution in [2.75, 3.05) is 0 Å². The van der Waals surface area contributed by atoms with Gasteiger partial charge in [-0.15, -0.1) is 0 Å². The first-order valence-corrected chi connectivity index (χ1v) is 1.74. The molecule has 0 saturated carbocycles. The molecule has 0 saturated heterocycles. The molecule has 0 aromatic heterocycles. The molecule has 0 N–H and O–H groups in total. The summed E-state index contributed by atoms with van der Waals surface area (Å²) in [6.45, 7) is 0. The Morgan fingerprint density at radius 2 is 1.25 bits per heavy atom. The monoisotopic (exact) mass is 336 g/mol. The van der Waals surface area contributed by atoms with E-state index in [1.807, 2.05) is 0 Å². The standard InChI is InChI=1S/Ag.Au.2O. The van der Waals surface area contributed by atoms with Gasteiger partial charge in [0.2, 0.25) is 0 Å². The van der Waals surface area contributed by atoms with Gasteiger partial charge < -0.3 is 0 Å². The van der Waals surface area contributed by atoms with Gasteiger partial charge in [0.15, 0.2) is 0 Å². The molecule has 0 aliphatic rings. The SMILES string of the molecule is [O]=[Ag].[O]=[Au]. The summed E-state index contributed by atoms with van der Waals surface area (Å²) in [5.41, 5.74) is 0. The molecule has 0 radical (unpaired) electrons. The van der Waals surface area contributed by atoms with Crippen LogP contribution in [0.4, 0.5) is 0 Å². The van der Waals surface area contributed by atoms with Gasteiger partial charge in [-0.2, -0.15) is 0 Å². The summed E-state index contributed by atoms with van der Waals surface area (Å²) in [7, 11) is 0. The van der Waals surface area contributed by atoms with Crippen molar-refractivity contribution in [1.29, 1.82) is 0 Å². The third kappa shape index (κ3) is 11.4. The van der Waals surface area contributed by atoms with E-state index < -0.39 is 0 Å². The maximum atomic E-state index is 8.19. The summed E-state index contributed by atoms with van der Waals surface area (Å²) >= 11 is 2.73. The van der Waals surface area contributed by atoms with Gasteiger partial charge in [-0.05, 0) is 0 Å². The molecule has 0 aliphatic carbocycles. The molecule has 0 aromatic rings. The molecule has 0 heterocycles. The molecule has 4 heavy (non-hydrogen) atoms. The van der Waals surface area contributed by atoms with E-state index in [4.69, 9.17) is 6.50 Å². The average molecular weight is 337 g/mol. The third-order valence-corrected chi connectivity index (χ3v) is 0. The van der Waals surface area contributed by atoms with Crippen LogP contribution >= 0.6 is 0 Å². The van der Waals surface area contributed by atoms with Gasteiger partial charge >= 0.3 is 48.6 Å². The van der Waals surface area contributed by atoms with Gasteiger partial charge in [-0.25, -0.2) is 0 Å². The molecule has 0 aliphatic heterocycles. The van der Waals surface area contributed by atoms with Crippen molar-refractivity contribution < 1.29 is 48.6 Å². The predicted molar refractivity (Wildman–Crippen MR) is 1.37 cm³/mol. The van der Waals surface area contributed by atoms with Crippen LogP contribution in [0, 0.1) is 0 Å². The van der Waals surface area contributed by atoms with Crippen LogP contribution in [-0.4, -0.2) is 0 Å². The number of rotatable bonds is 0. The summed E-state index contributed by atoms with van der Waals surface area (Å²) in [4.78, 5) is 0. The zero-order valence-corrected chi connectivity index (χ0v) is 5.07. The molecule has 0 unspecified atom stereocenters. The normalized spacial score (nSPS) is 3.00. The molecule has 0 atom stereocenters. The summed E-state index contributed by atoms with van der Waals surface area (Å²) in [5.74, 6) is 0. The first-order chi connectivity index (χ1) is 2.00.